The number of nitrogens with zero attached hydrogens (tertiary/aromatic N) is 2. The Morgan fingerprint density at radius 1 is 1.24 bits per heavy atom. The molecule has 1 aromatic carbocycles. The van der Waals surface area contributed by atoms with E-state index in [2.05, 4.69) is 35.2 Å². The van der Waals surface area contributed by atoms with Crippen LogP contribution < -0.4 is 10.1 Å². The van der Waals surface area contributed by atoms with Crippen LogP contribution in [0, 0.1) is 0 Å². The normalized spacial score (nSPS) is 17.1. The van der Waals surface area contributed by atoms with Gasteiger partial charge < -0.3 is 15.0 Å². The highest BCUT2D eigenvalue weighted by atomic mass is 35.5. The van der Waals surface area contributed by atoms with Crippen molar-refractivity contribution in [2.24, 2.45) is 0 Å². The molecule has 1 aromatic rings. The van der Waals surface area contributed by atoms with Crippen LogP contribution >= 0.6 is 11.6 Å². The fourth-order valence-corrected chi connectivity index (χ4v) is 2.65. The number of hydrogen-bond donors (Lipinski definition) is 1. The van der Waals surface area contributed by atoms with Gasteiger partial charge in [0.15, 0.2) is 0 Å². The maximum atomic E-state index is 6.28. The highest BCUT2D eigenvalue weighted by Gasteiger charge is 2.13. The maximum Gasteiger partial charge on any atom is 0.137 e. The SMILES string of the molecule is CCNCc1ccc(OCCN2CCN(C)CC2)c(Cl)c1. The zero-order valence-electron chi connectivity index (χ0n) is 13.1. The molecule has 0 unspecified atom stereocenters. The summed E-state index contributed by atoms with van der Waals surface area (Å²) < 4.78 is 5.82. The van der Waals surface area contributed by atoms with Gasteiger partial charge in [0.1, 0.15) is 12.4 Å². The molecule has 0 aliphatic carbocycles. The molecular formula is C16H26ClN3O. The molecular weight excluding hydrogens is 286 g/mol. The number of rotatable bonds is 7. The Morgan fingerprint density at radius 3 is 2.67 bits per heavy atom. The second-order valence-corrected chi connectivity index (χ2v) is 5.95. The van der Waals surface area contributed by atoms with E-state index in [-0.39, 0.29) is 0 Å². The third kappa shape index (κ3) is 5.47. The molecule has 21 heavy (non-hydrogen) atoms. The van der Waals surface area contributed by atoms with E-state index in [0.717, 1.165) is 51.6 Å². The zero-order valence-corrected chi connectivity index (χ0v) is 13.8. The van der Waals surface area contributed by atoms with Gasteiger partial charge in [-0.2, -0.15) is 0 Å². The van der Waals surface area contributed by atoms with Crippen molar-refractivity contribution in [1.29, 1.82) is 0 Å². The summed E-state index contributed by atoms with van der Waals surface area (Å²) in [6.45, 7) is 10.1. The molecule has 0 atom stereocenters. The molecule has 1 aliphatic rings. The largest absolute Gasteiger partial charge is 0.491 e. The smallest absolute Gasteiger partial charge is 0.137 e. The molecule has 0 aromatic heterocycles. The number of ether oxygens (including phenoxy) is 1. The van der Waals surface area contributed by atoms with E-state index in [0.29, 0.717) is 11.6 Å². The van der Waals surface area contributed by atoms with Gasteiger partial charge >= 0.3 is 0 Å². The van der Waals surface area contributed by atoms with Gasteiger partial charge in [0.25, 0.3) is 0 Å². The van der Waals surface area contributed by atoms with Gasteiger partial charge in [0, 0.05) is 39.3 Å². The Bertz CT molecular complexity index is 434. The fourth-order valence-electron chi connectivity index (χ4n) is 2.40. The molecule has 0 amide bonds. The van der Waals surface area contributed by atoms with Gasteiger partial charge in [0.2, 0.25) is 0 Å². The van der Waals surface area contributed by atoms with E-state index < -0.39 is 0 Å². The number of nitrogens with one attached hydrogen (secondary N) is 1. The monoisotopic (exact) mass is 311 g/mol. The Hall–Kier alpha value is -0.810. The third-order valence-electron chi connectivity index (χ3n) is 3.84. The Labute approximate surface area is 133 Å². The number of hydrogen-bond acceptors (Lipinski definition) is 4. The Kier molecular flexibility index (Phi) is 6.77. The van der Waals surface area contributed by atoms with Crippen molar-refractivity contribution >= 4 is 11.6 Å². The molecule has 1 aliphatic heterocycles. The molecule has 0 spiro atoms. The minimum Gasteiger partial charge on any atom is -0.491 e. The molecule has 118 valence electrons. The highest BCUT2D eigenvalue weighted by molar-refractivity contribution is 6.32. The molecule has 0 bridgehead atoms. The minimum atomic E-state index is 0.690. The highest BCUT2D eigenvalue weighted by Crippen LogP contribution is 2.25. The van der Waals surface area contributed by atoms with Gasteiger partial charge in [-0.1, -0.05) is 24.6 Å². The molecule has 0 saturated carbocycles. The van der Waals surface area contributed by atoms with Crippen molar-refractivity contribution in [3.05, 3.63) is 28.8 Å². The van der Waals surface area contributed by atoms with Crippen LogP contribution in [0.5, 0.6) is 5.75 Å². The first-order valence-corrected chi connectivity index (χ1v) is 8.09. The second kappa shape index (κ2) is 8.59. The standard InChI is InChI=1S/C16H26ClN3O/c1-3-18-13-14-4-5-16(15(17)12-14)21-11-10-20-8-6-19(2)7-9-20/h4-5,12,18H,3,6-11,13H2,1-2H3. The zero-order chi connectivity index (χ0) is 15.1. The summed E-state index contributed by atoms with van der Waals surface area (Å²) in [4.78, 5) is 4.80. The lowest BCUT2D eigenvalue weighted by atomic mass is 10.2. The van der Waals surface area contributed by atoms with Crippen molar-refractivity contribution in [2.75, 3.05) is 52.9 Å². The summed E-state index contributed by atoms with van der Waals surface area (Å²) in [6.07, 6.45) is 0. The summed E-state index contributed by atoms with van der Waals surface area (Å²) in [5.41, 5.74) is 1.19. The lowest BCUT2D eigenvalue weighted by Crippen LogP contribution is -2.45. The van der Waals surface area contributed by atoms with Crippen molar-refractivity contribution in [1.82, 2.24) is 15.1 Å². The average molecular weight is 312 g/mol. The number of halogens is 1. The lowest BCUT2D eigenvalue weighted by molar-refractivity contribution is 0.134. The predicted molar refractivity (Wildman–Crippen MR) is 88.3 cm³/mol. The first-order chi connectivity index (χ1) is 10.2. The Balaban J connectivity index is 1.75. The summed E-state index contributed by atoms with van der Waals surface area (Å²) in [7, 11) is 2.17. The van der Waals surface area contributed by atoms with Gasteiger partial charge in [-0.15, -0.1) is 0 Å². The van der Waals surface area contributed by atoms with Crippen molar-refractivity contribution in [3.63, 3.8) is 0 Å². The Morgan fingerprint density at radius 2 is 2.00 bits per heavy atom. The number of piperazine rings is 1. The predicted octanol–water partition coefficient (Wildman–Crippen LogP) is 2.08. The first kappa shape index (κ1) is 16.6. The molecule has 1 fully saturated rings. The maximum absolute atomic E-state index is 6.28. The molecule has 2 rings (SSSR count). The lowest BCUT2D eigenvalue weighted by Gasteiger charge is -2.32. The minimum absolute atomic E-state index is 0.690. The van der Waals surface area contributed by atoms with E-state index >= 15 is 0 Å². The van der Waals surface area contributed by atoms with Crippen LogP contribution in [0.3, 0.4) is 0 Å². The summed E-state index contributed by atoms with van der Waals surface area (Å²) in [5.74, 6) is 0.783. The number of benzene rings is 1. The average Bonchev–Trinajstić information content (AvgIpc) is 2.49. The van der Waals surface area contributed by atoms with Crippen molar-refractivity contribution in [2.45, 2.75) is 13.5 Å². The van der Waals surface area contributed by atoms with E-state index in [1.54, 1.807) is 0 Å². The van der Waals surface area contributed by atoms with Crippen LogP contribution in [-0.2, 0) is 6.54 Å². The summed E-state index contributed by atoms with van der Waals surface area (Å²) in [5, 5.41) is 3.99. The molecule has 1 heterocycles. The summed E-state index contributed by atoms with van der Waals surface area (Å²) in [6, 6.07) is 6.02. The quantitative estimate of drug-likeness (QED) is 0.834. The van der Waals surface area contributed by atoms with E-state index in [1.807, 2.05) is 12.1 Å². The molecule has 4 nitrogen and oxygen atoms in total. The van der Waals surface area contributed by atoms with E-state index in [1.165, 1.54) is 5.56 Å². The third-order valence-corrected chi connectivity index (χ3v) is 4.13. The van der Waals surface area contributed by atoms with Crippen molar-refractivity contribution in [3.8, 4) is 5.75 Å². The molecule has 0 radical (unpaired) electrons. The molecule has 5 heteroatoms. The van der Waals surface area contributed by atoms with Gasteiger partial charge in [-0.25, -0.2) is 0 Å². The van der Waals surface area contributed by atoms with Crippen LogP contribution in [0.2, 0.25) is 5.02 Å². The topological polar surface area (TPSA) is 27.7 Å². The molecule has 1 N–H and O–H groups in total. The van der Waals surface area contributed by atoms with Gasteiger partial charge in [0.05, 0.1) is 5.02 Å². The molecule has 1 saturated heterocycles. The second-order valence-electron chi connectivity index (χ2n) is 5.54. The van der Waals surface area contributed by atoms with Gasteiger partial charge in [-0.3, -0.25) is 4.90 Å². The van der Waals surface area contributed by atoms with Crippen LogP contribution in [0.15, 0.2) is 18.2 Å². The summed E-state index contributed by atoms with van der Waals surface area (Å²) >= 11 is 6.28. The van der Waals surface area contributed by atoms with Gasteiger partial charge in [-0.05, 0) is 31.3 Å². The van der Waals surface area contributed by atoms with Crippen LogP contribution in [0.25, 0.3) is 0 Å². The van der Waals surface area contributed by atoms with Crippen LogP contribution in [-0.4, -0.2) is 62.7 Å². The van der Waals surface area contributed by atoms with E-state index in [4.69, 9.17) is 16.3 Å². The van der Waals surface area contributed by atoms with E-state index in [9.17, 15) is 0 Å². The first-order valence-electron chi connectivity index (χ1n) is 7.72. The van der Waals surface area contributed by atoms with Crippen LogP contribution in [0.1, 0.15) is 12.5 Å². The van der Waals surface area contributed by atoms with Crippen molar-refractivity contribution < 1.29 is 4.74 Å². The fraction of sp³-hybridized carbons (Fsp3) is 0.625. The number of likely N-dealkylation sites (N-methyl/N-ethyl adjacent to an activating group) is 1. The van der Waals surface area contributed by atoms with Crippen LogP contribution in [0.4, 0.5) is 0 Å².